The Kier molecular flexibility index (Phi) is 10.5. The molecule has 0 radical (unpaired) electrons. The van der Waals surface area contributed by atoms with Crippen molar-refractivity contribution in [3.8, 4) is 0 Å². The van der Waals surface area contributed by atoms with E-state index in [1.54, 1.807) is 25.6 Å². The molecular weight excluding hydrogens is 462 g/mol. The van der Waals surface area contributed by atoms with Gasteiger partial charge in [0.05, 0.1) is 7.11 Å². The Hall–Kier alpha value is -2.95. The quantitative estimate of drug-likeness (QED) is 0.501. The highest BCUT2D eigenvalue weighted by Gasteiger charge is 2.35. The molecule has 1 saturated heterocycles. The number of nitrogens with one attached hydrogen (secondary N) is 1. The highest BCUT2D eigenvalue weighted by molar-refractivity contribution is 8.00. The van der Waals surface area contributed by atoms with E-state index in [1.807, 2.05) is 30.3 Å². The number of hydrogen-bond acceptors (Lipinski definition) is 7. The van der Waals surface area contributed by atoms with E-state index in [9.17, 15) is 24.3 Å². The second-order valence-electron chi connectivity index (χ2n) is 8.38. The molecule has 1 aliphatic heterocycles. The van der Waals surface area contributed by atoms with Crippen molar-refractivity contribution in [2.45, 2.75) is 44.2 Å². The predicted molar refractivity (Wildman–Crippen MR) is 127 cm³/mol. The van der Waals surface area contributed by atoms with E-state index in [4.69, 9.17) is 9.47 Å². The van der Waals surface area contributed by atoms with Crippen molar-refractivity contribution in [3.05, 3.63) is 35.9 Å². The van der Waals surface area contributed by atoms with Gasteiger partial charge >= 0.3 is 18.2 Å². The minimum Gasteiger partial charge on any atom is -0.467 e. The number of carbonyl (C=O) groups is 4. The van der Waals surface area contributed by atoms with E-state index in [2.05, 4.69) is 5.32 Å². The van der Waals surface area contributed by atoms with E-state index in [-0.39, 0.29) is 30.7 Å². The number of benzene rings is 1. The lowest BCUT2D eigenvalue weighted by atomic mass is 10.0. The smallest absolute Gasteiger partial charge is 0.410 e. The van der Waals surface area contributed by atoms with Crippen LogP contribution in [0.4, 0.5) is 9.59 Å². The summed E-state index contributed by atoms with van der Waals surface area (Å²) in [6.07, 6.45) is -1.47. The molecule has 3 amide bonds. The van der Waals surface area contributed by atoms with Crippen LogP contribution in [-0.2, 0) is 25.7 Å². The van der Waals surface area contributed by atoms with Crippen LogP contribution in [0, 0.1) is 5.92 Å². The predicted octanol–water partition coefficient (Wildman–Crippen LogP) is 2.42. The second-order valence-corrected chi connectivity index (χ2v) is 9.79. The van der Waals surface area contributed by atoms with E-state index < -0.39 is 36.1 Å². The first-order chi connectivity index (χ1) is 16.1. The number of carbonyl (C=O) groups excluding carboxylic acids is 3. The summed E-state index contributed by atoms with van der Waals surface area (Å²) in [5.41, 5.74) is 0.820. The van der Waals surface area contributed by atoms with E-state index in [0.29, 0.717) is 12.3 Å². The van der Waals surface area contributed by atoms with E-state index in [0.717, 1.165) is 5.56 Å². The van der Waals surface area contributed by atoms with Crippen LogP contribution < -0.4 is 5.32 Å². The normalized spacial score (nSPS) is 17.4. The third-order valence-corrected chi connectivity index (χ3v) is 6.75. The van der Waals surface area contributed by atoms with Crippen LogP contribution in [0.3, 0.4) is 0 Å². The number of carboxylic acid groups (broad SMARTS) is 1. The first-order valence-corrected chi connectivity index (χ1v) is 12.1. The standard InChI is InChI=1S/C23H33N3O7S/c1-15(2)19(25(3)23(31)33-14-16-8-6-5-7-9-16)20(27)24-18(21(28)32-4)12-17-13-26(22(29)30)10-11-34-17/h5-9,15,17-19H,10-14H2,1-4H3,(H,24,27)(H,29,30)/t17?,18?,19-/m0/s1. The van der Waals surface area contributed by atoms with Gasteiger partial charge in [-0.05, 0) is 17.9 Å². The SMILES string of the molecule is COC(=O)C(CC1CN(C(=O)O)CCS1)NC(=O)[C@H](C(C)C)N(C)C(=O)OCc1ccccc1. The van der Waals surface area contributed by atoms with Gasteiger partial charge in [0.2, 0.25) is 5.91 Å². The molecule has 0 aliphatic carbocycles. The Morgan fingerprint density at radius 3 is 2.50 bits per heavy atom. The molecule has 0 aromatic heterocycles. The van der Waals surface area contributed by atoms with Crippen LogP contribution in [0.2, 0.25) is 0 Å². The molecule has 10 nitrogen and oxygen atoms in total. The van der Waals surface area contributed by atoms with Crippen molar-refractivity contribution in [2.75, 3.05) is 33.0 Å². The highest BCUT2D eigenvalue weighted by Crippen LogP contribution is 2.23. The molecule has 34 heavy (non-hydrogen) atoms. The lowest BCUT2D eigenvalue weighted by Gasteiger charge is -2.33. The third kappa shape index (κ3) is 7.82. The van der Waals surface area contributed by atoms with Gasteiger partial charge in [0.25, 0.3) is 0 Å². The monoisotopic (exact) mass is 495 g/mol. The average molecular weight is 496 g/mol. The van der Waals surface area contributed by atoms with Crippen LogP contribution >= 0.6 is 11.8 Å². The van der Waals surface area contributed by atoms with Gasteiger partial charge in [-0.15, -0.1) is 0 Å². The Balaban J connectivity index is 2.05. The summed E-state index contributed by atoms with van der Waals surface area (Å²) in [5.74, 6) is -0.804. The largest absolute Gasteiger partial charge is 0.467 e. The fourth-order valence-electron chi connectivity index (χ4n) is 3.77. The maximum Gasteiger partial charge on any atom is 0.410 e. The van der Waals surface area contributed by atoms with Crippen molar-refractivity contribution in [3.63, 3.8) is 0 Å². The first-order valence-electron chi connectivity index (χ1n) is 11.0. The zero-order valence-corrected chi connectivity index (χ0v) is 20.7. The number of thioether (sulfide) groups is 1. The number of methoxy groups -OCH3 is 1. The Labute approximate surface area is 203 Å². The molecular formula is C23H33N3O7S. The molecule has 2 rings (SSSR count). The number of likely N-dealkylation sites (N-methyl/N-ethyl adjacent to an activating group) is 1. The molecule has 2 N–H and O–H groups in total. The molecule has 11 heteroatoms. The molecule has 1 heterocycles. The number of ether oxygens (including phenoxy) is 2. The first kappa shape index (κ1) is 27.3. The lowest BCUT2D eigenvalue weighted by Crippen LogP contribution is -2.55. The van der Waals surface area contributed by atoms with Gasteiger partial charge in [-0.3, -0.25) is 9.69 Å². The van der Waals surface area contributed by atoms with Crippen molar-refractivity contribution in [1.82, 2.24) is 15.1 Å². The van der Waals surface area contributed by atoms with Crippen LogP contribution in [0.15, 0.2) is 30.3 Å². The number of nitrogens with zero attached hydrogens (tertiary/aromatic N) is 2. The molecule has 0 spiro atoms. The Morgan fingerprint density at radius 2 is 1.91 bits per heavy atom. The van der Waals surface area contributed by atoms with Crippen molar-refractivity contribution >= 4 is 35.8 Å². The second kappa shape index (κ2) is 13.1. The number of rotatable bonds is 9. The van der Waals surface area contributed by atoms with Gasteiger partial charge < -0.3 is 24.8 Å². The topological polar surface area (TPSA) is 125 Å². The minimum absolute atomic E-state index is 0.0697. The maximum absolute atomic E-state index is 13.2. The molecule has 0 saturated carbocycles. The molecule has 2 unspecified atom stereocenters. The van der Waals surface area contributed by atoms with Gasteiger partial charge in [-0.25, -0.2) is 14.4 Å². The summed E-state index contributed by atoms with van der Waals surface area (Å²) in [6, 6.07) is 7.34. The van der Waals surface area contributed by atoms with Gasteiger partial charge in [0, 0.05) is 31.1 Å². The Bertz CT molecular complexity index is 852. The zero-order valence-electron chi connectivity index (χ0n) is 19.9. The Morgan fingerprint density at radius 1 is 1.24 bits per heavy atom. The number of esters is 1. The fraction of sp³-hybridized carbons (Fsp3) is 0.565. The minimum atomic E-state index is -1.01. The summed E-state index contributed by atoms with van der Waals surface area (Å²) >= 11 is 1.55. The summed E-state index contributed by atoms with van der Waals surface area (Å²) < 4.78 is 10.2. The van der Waals surface area contributed by atoms with Crippen molar-refractivity contribution in [1.29, 1.82) is 0 Å². The highest BCUT2D eigenvalue weighted by atomic mass is 32.2. The summed E-state index contributed by atoms with van der Waals surface area (Å²) in [6.45, 7) is 4.32. The maximum atomic E-state index is 13.2. The zero-order chi connectivity index (χ0) is 25.3. The van der Waals surface area contributed by atoms with Crippen LogP contribution in [0.5, 0.6) is 0 Å². The molecule has 188 valence electrons. The van der Waals surface area contributed by atoms with Crippen molar-refractivity contribution in [2.24, 2.45) is 5.92 Å². The van der Waals surface area contributed by atoms with E-state index in [1.165, 1.54) is 24.0 Å². The number of amides is 3. The molecule has 1 aromatic rings. The summed E-state index contributed by atoms with van der Waals surface area (Å²) in [7, 11) is 2.71. The molecule has 1 aliphatic rings. The van der Waals surface area contributed by atoms with Crippen molar-refractivity contribution < 1.29 is 33.8 Å². The van der Waals surface area contributed by atoms with Gasteiger partial charge in [0.15, 0.2) is 0 Å². The lowest BCUT2D eigenvalue weighted by molar-refractivity contribution is -0.146. The average Bonchev–Trinajstić information content (AvgIpc) is 2.82. The molecule has 1 fully saturated rings. The molecule has 0 bridgehead atoms. The molecule has 1 aromatic carbocycles. The van der Waals surface area contributed by atoms with Crippen LogP contribution in [0.1, 0.15) is 25.8 Å². The summed E-state index contributed by atoms with van der Waals surface area (Å²) in [4.78, 5) is 52.0. The van der Waals surface area contributed by atoms with Gasteiger partial charge in [-0.2, -0.15) is 11.8 Å². The van der Waals surface area contributed by atoms with Crippen LogP contribution in [0.25, 0.3) is 0 Å². The van der Waals surface area contributed by atoms with Gasteiger partial charge in [0.1, 0.15) is 18.7 Å². The van der Waals surface area contributed by atoms with E-state index >= 15 is 0 Å². The van der Waals surface area contributed by atoms with Gasteiger partial charge in [-0.1, -0.05) is 44.2 Å². The van der Waals surface area contributed by atoms with Crippen LogP contribution in [-0.4, -0.2) is 89.3 Å². The molecule has 3 atom stereocenters. The fourth-order valence-corrected chi connectivity index (χ4v) is 5.05. The summed E-state index contributed by atoms with van der Waals surface area (Å²) in [5, 5.41) is 11.8. The third-order valence-electron chi connectivity index (χ3n) is 5.52. The number of hydrogen-bond donors (Lipinski definition) is 2.